The van der Waals surface area contributed by atoms with Crippen molar-refractivity contribution in [2.45, 2.75) is 33.6 Å². The molecule has 0 aliphatic heterocycles. The Bertz CT molecular complexity index is 636. The fraction of sp³-hybridized carbons (Fsp3) is 0.474. The summed E-state index contributed by atoms with van der Waals surface area (Å²) in [6, 6.07) is 10.3. The summed E-state index contributed by atoms with van der Waals surface area (Å²) in [5, 5.41) is 5.27. The van der Waals surface area contributed by atoms with E-state index in [9.17, 15) is 0 Å². The topological polar surface area (TPSA) is 37.7 Å². The van der Waals surface area contributed by atoms with Crippen LogP contribution in [0.2, 0.25) is 0 Å². The molecule has 0 N–H and O–H groups in total. The highest BCUT2D eigenvalue weighted by Crippen LogP contribution is 2.17. The normalized spacial score (nSPS) is 11.7. The second-order valence-corrected chi connectivity index (χ2v) is 5.56. The molecule has 0 atom stereocenters. The lowest BCUT2D eigenvalue weighted by molar-refractivity contribution is 0.115. The number of aryl methyl sites for hydroxylation is 1. The van der Waals surface area contributed by atoms with Crippen molar-refractivity contribution < 1.29 is 4.84 Å². The maximum Gasteiger partial charge on any atom is 0.129 e. The molecule has 0 radical (unpaired) electrons. The molecule has 4 nitrogen and oxygen atoms in total. The van der Waals surface area contributed by atoms with E-state index in [1.165, 1.54) is 0 Å². The van der Waals surface area contributed by atoms with Gasteiger partial charge in [0, 0.05) is 23.2 Å². The van der Waals surface area contributed by atoms with Gasteiger partial charge in [-0.05, 0) is 31.6 Å². The van der Waals surface area contributed by atoms with Gasteiger partial charge in [-0.1, -0.05) is 50.5 Å². The van der Waals surface area contributed by atoms with Gasteiger partial charge in [0.1, 0.15) is 6.61 Å². The van der Waals surface area contributed by atoms with Crippen molar-refractivity contribution in [3.8, 4) is 0 Å². The predicted molar refractivity (Wildman–Crippen MR) is 97.1 cm³/mol. The van der Waals surface area contributed by atoms with E-state index in [4.69, 9.17) is 9.82 Å². The van der Waals surface area contributed by atoms with Crippen LogP contribution in [0.25, 0.3) is 10.9 Å². The highest BCUT2D eigenvalue weighted by atomic mass is 16.6. The van der Waals surface area contributed by atoms with Gasteiger partial charge < -0.3 is 9.74 Å². The number of nitrogens with zero attached hydrogens (tertiary/aromatic N) is 3. The van der Waals surface area contributed by atoms with Crippen LogP contribution in [0.4, 0.5) is 0 Å². The first-order chi connectivity index (χ1) is 11.3. The number of para-hydroxylation sites is 1. The number of pyridine rings is 1. The van der Waals surface area contributed by atoms with E-state index in [2.05, 4.69) is 43.0 Å². The molecule has 0 saturated carbocycles. The minimum absolute atomic E-state index is 0.614. The monoisotopic (exact) mass is 313 g/mol. The highest BCUT2D eigenvalue weighted by molar-refractivity contribution is 5.98. The third-order valence-corrected chi connectivity index (χ3v) is 3.97. The van der Waals surface area contributed by atoms with Crippen LogP contribution in [0.1, 0.15) is 38.4 Å². The molecule has 0 unspecified atom stereocenters. The fourth-order valence-electron chi connectivity index (χ4n) is 2.61. The summed E-state index contributed by atoms with van der Waals surface area (Å²) in [6.07, 6.45) is 3.88. The van der Waals surface area contributed by atoms with Crippen LogP contribution in [0.5, 0.6) is 0 Å². The number of likely N-dealkylation sites (N-methyl/N-ethyl adjacent to an activating group) is 1. The van der Waals surface area contributed by atoms with Crippen LogP contribution in [-0.2, 0) is 11.3 Å². The van der Waals surface area contributed by atoms with E-state index in [-0.39, 0.29) is 0 Å². The molecule has 0 fully saturated rings. The Morgan fingerprint density at radius 3 is 2.70 bits per heavy atom. The van der Waals surface area contributed by atoms with Crippen molar-refractivity contribution in [2.75, 3.05) is 26.2 Å². The molecule has 4 heteroatoms. The molecule has 1 aromatic heterocycles. The Kier molecular flexibility index (Phi) is 7.01. The molecular weight excluding hydrogens is 286 g/mol. The van der Waals surface area contributed by atoms with E-state index in [1.807, 2.05) is 24.4 Å². The van der Waals surface area contributed by atoms with E-state index in [0.29, 0.717) is 6.61 Å². The lowest BCUT2D eigenvalue weighted by atomic mass is 10.1. The lowest BCUT2D eigenvalue weighted by Gasteiger charge is -2.16. The van der Waals surface area contributed by atoms with Crippen LogP contribution >= 0.6 is 0 Å². The van der Waals surface area contributed by atoms with E-state index in [1.54, 1.807) is 0 Å². The number of hydrogen-bond acceptors (Lipinski definition) is 4. The number of benzene rings is 1. The van der Waals surface area contributed by atoms with Crippen molar-refractivity contribution in [3.63, 3.8) is 0 Å². The maximum atomic E-state index is 5.43. The second-order valence-electron chi connectivity index (χ2n) is 5.56. The molecule has 2 aromatic rings. The van der Waals surface area contributed by atoms with Crippen LogP contribution in [-0.4, -0.2) is 42.3 Å². The molecule has 1 heterocycles. The van der Waals surface area contributed by atoms with Crippen molar-refractivity contribution >= 4 is 17.1 Å². The molecule has 0 bridgehead atoms. The first-order valence-corrected chi connectivity index (χ1v) is 8.54. The van der Waals surface area contributed by atoms with E-state index < -0.39 is 0 Å². The Hall–Kier alpha value is -1.94. The molecular formula is C19H27N3O. The molecule has 0 amide bonds. The Labute approximate surface area is 139 Å². The van der Waals surface area contributed by atoms with Gasteiger partial charge in [0.05, 0.1) is 11.7 Å². The third-order valence-electron chi connectivity index (χ3n) is 3.97. The lowest BCUT2D eigenvalue weighted by Crippen LogP contribution is -2.26. The number of oxime groups is 1. The minimum Gasteiger partial charge on any atom is -0.394 e. The molecule has 23 heavy (non-hydrogen) atoms. The zero-order valence-corrected chi connectivity index (χ0v) is 14.5. The van der Waals surface area contributed by atoms with Gasteiger partial charge >= 0.3 is 0 Å². The van der Waals surface area contributed by atoms with Crippen molar-refractivity contribution in [2.24, 2.45) is 5.16 Å². The van der Waals surface area contributed by atoms with Crippen molar-refractivity contribution in [1.29, 1.82) is 0 Å². The molecule has 0 saturated heterocycles. The van der Waals surface area contributed by atoms with Crippen molar-refractivity contribution in [1.82, 2.24) is 9.88 Å². The largest absolute Gasteiger partial charge is 0.394 e. The Balaban J connectivity index is 2.07. The molecule has 0 spiro atoms. The average molecular weight is 313 g/mol. The summed E-state index contributed by atoms with van der Waals surface area (Å²) in [5.41, 5.74) is 3.20. The molecule has 124 valence electrons. The predicted octanol–water partition coefficient (Wildman–Crippen LogP) is 3.88. The number of aromatic nitrogens is 1. The molecule has 0 aliphatic rings. The molecule has 0 aliphatic carbocycles. The Morgan fingerprint density at radius 1 is 1.17 bits per heavy atom. The average Bonchev–Trinajstić information content (AvgIpc) is 2.58. The maximum absolute atomic E-state index is 5.43. The third kappa shape index (κ3) is 5.03. The van der Waals surface area contributed by atoms with Crippen LogP contribution in [0.3, 0.4) is 0 Å². The van der Waals surface area contributed by atoms with E-state index in [0.717, 1.165) is 54.6 Å². The summed E-state index contributed by atoms with van der Waals surface area (Å²) >= 11 is 0. The smallest absolute Gasteiger partial charge is 0.129 e. The standard InChI is InChI=1S/C19H27N3O/c1-4-9-17-14-16(18-10-7-8-11-19(18)21-17)15-20-23-13-12-22(5-2)6-3/h7-8,10-11,14-15H,4-6,9,12-13H2,1-3H3/b20-15+. The number of rotatable bonds is 9. The van der Waals surface area contributed by atoms with Crippen LogP contribution < -0.4 is 0 Å². The van der Waals surface area contributed by atoms with Gasteiger partial charge in [0.2, 0.25) is 0 Å². The van der Waals surface area contributed by atoms with Gasteiger partial charge in [-0.15, -0.1) is 0 Å². The molecule has 2 rings (SSSR count). The zero-order chi connectivity index (χ0) is 16.5. The number of fused-ring (bicyclic) bond motifs is 1. The van der Waals surface area contributed by atoms with Crippen LogP contribution in [0.15, 0.2) is 35.5 Å². The summed E-state index contributed by atoms with van der Waals surface area (Å²) in [5.74, 6) is 0. The first kappa shape index (κ1) is 17.4. The second kappa shape index (κ2) is 9.26. The van der Waals surface area contributed by atoms with Crippen LogP contribution in [0, 0.1) is 0 Å². The minimum atomic E-state index is 0.614. The molecule has 1 aromatic carbocycles. The fourth-order valence-corrected chi connectivity index (χ4v) is 2.61. The van der Waals surface area contributed by atoms with Gasteiger partial charge in [-0.2, -0.15) is 0 Å². The quantitative estimate of drug-likeness (QED) is 0.400. The van der Waals surface area contributed by atoms with Gasteiger partial charge in [0.25, 0.3) is 0 Å². The summed E-state index contributed by atoms with van der Waals surface area (Å²) in [6.45, 7) is 10.1. The highest BCUT2D eigenvalue weighted by Gasteiger charge is 2.04. The summed E-state index contributed by atoms with van der Waals surface area (Å²) in [7, 11) is 0. The number of hydrogen-bond donors (Lipinski definition) is 0. The van der Waals surface area contributed by atoms with Gasteiger partial charge in [0.15, 0.2) is 0 Å². The van der Waals surface area contributed by atoms with Gasteiger partial charge in [-0.3, -0.25) is 4.98 Å². The summed E-state index contributed by atoms with van der Waals surface area (Å²) in [4.78, 5) is 12.5. The van der Waals surface area contributed by atoms with E-state index >= 15 is 0 Å². The zero-order valence-electron chi connectivity index (χ0n) is 14.5. The SMILES string of the molecule is CCCc1cc(/C=N/OCCN(CC)CC)c2ccccc2n1. The first-order valence-electron chi connectivity index (χ1n) is 8.54. The van der Waals surface area contributed by atoms with Gasteiger partial charge in [-0.25, -0.2) is 0 Å². The Morgan fingerprint density at radius 2 is 1.96 bits per heavy atom. The summed E-state index contributed by atoms with van der Waals surface area (Å²) < 4.78 is 0. The van der Waals surface area contributed by atoms with Crippen molar-refractivity contribution in [3.05, 3.63) is 41.6 Å².